The molecule has 6 rings (SSSR count). The number of ether oxygens (including phenoxy) is 1. The molecule has 34 heavy (non-hydrogen) atoms. The average molecular weight is 484 g/mol. The summed E-state index contributed by atoms with van der Waals surface area (Å²) < 4.78 is 6.18. The van der Waals surface area contributed by atoms with Crippen molar-refractivity contribution in [3.05, 3.63) is 34.9 Å². The number of H-pyrrole nitrogens is 1. The number of aromatic nitrogens is 2. The lowest BCUT2D eigenvalue weighted by Gasteiger charge is -2.42. The van der Waals surface area contributed by atoms with E-state index in [-0.39, 0.29) is 0 Å². The van der Waals surface area contributed by atoms with Gasteiger partial charge in [0.05, 0.1) is 18.4 Å². The average Bonchev–Trinajstić information content (AvgIpc) is 3.61. The van der Waals surface area contributed by atoms with Crippen molar-refractivity contribution in [2.75, 3.05) is 57.3 Å². The molecule has 2 saturated carbocycles. The third kappa shape index (κ3) is 5.15. The molecular weight excluding hydrogens is 446 g/mol. The van der Waals surface area contributed by atoms with Crippen molar-refractivity contribution >= 4 is 17.4 Å². The van der Waals surface area contributed by atoms with E-state index in [0.29, 0.717) is 12.0 Å². The highest BCUT2D eigenvalue weighted by Crippen LogP contribution is 2.44. The van der Waals surface area contributed by atoms with E-state index < -0.39 is 0 Å². The Morgan fingerprint density at radius 3 is 2.59 bits per heavy atom. The molecular formula is C27H38ClN5O. The van der Waals surface area contributed by atoms with Crippen LogP contribution in [0.3, 0.4) is 0 Å². The highest BCUT2D eigenvalue weighted by molar-refractivity contribution is 6.31. The third-order valence-electron chi connectivity index (χ3n) is 8.31. The molecule has 2 aromatic rings. The maximum absolute atomic E-state index is 6.43. The Morgan fingerprint density at radius 1 is 0.971 bits per heavy atom. The maximum Gasteiger partial charge on any atom is 0.151 e. The van der Waals surface area contributed by atoms with Gasteiger partial charge in [0.2, 0.25) is 0 Å². The predicted molar refractivity (Wildman–Crippen MR) is 138 cm³/mol. The Hall–Kier alpha value is -1.60. The van der Waals surface area contributed by atoms with Crippen LogP contribution in [0.2, 0.25) is 5.02 Å². The molecule has 7 heteroatoms. The van der Waals surface area contributed by atoms with Crippen molar-refractivity contribution in [1.82, 2.24) is 20.0 Å². The zero-order chi connectivity index (χ0) is 22.9. The van der Waals surface area contributed by atoms with Crippen LogP contribution in [-0.2, 0) is 4.74 Å². The van der Waals surface area contributed by atoms with Crippen LogP contribution >= 0.6 is 11.6 Å². The summed E-state index contributed by atoms with van der Waals surface area (Å²) in [5.74, 6) is 1.70. The minimum absolute atomic E-state index is 0.352. The third-order valence-corrected chi connectivity index (χ3v) is 8.65. The van der Waals surface area contributed by atoms with Crippen molar-refractivity contribution in [1.29, 1.82) is 0 Å². The van der Waals surface area contributed by atoms with Crippen LogP contribution in [0, 0.1) is 0 Å². The first-order valence-corrected chi connectivity index (χ1v) is 13.8. The summed E-state index contributed by atoms with van der Waals surface area (Å²) in [6, 6.07) is 9.38. The summed E-state index contributed by atoms with van der Waals surface area (Å²) in [7, 11) is 0. The summed E-state index contributed by atoms with van der Waals surface area (Å²) in [6.07, 6.45) is 9.87. The molecule has 2 aliphatic heterocycles. The van der Waals surface area contributed by atoms with Crippen molar-refractivity contribution in [3.63, 3.8) is 0 Å². The van der Waals surface area contributed by atoms with Gasteiger partial charge in [0.15, 0.2) is 5.82 Å². The number of morpholine rings is 1. The molecule has 184 valence electrons. The van der Waals surface area contributed by atoms with Gasteiger partial charge in [-0.3, -0.25) is 14.9 Å². The zero-order valence-corrected chi connectivity index (χ0v) is 21.0. The molecule has 1 N–H and O–H groups in total. The normalized spacial score (nSPS) is 25.7. The molecule has 0 radical (unpaired) electrons. The molecule has 2 saturated heterocycles. The molecule has 0 bridgehead atoms. The standard InChI is InChI=1S/C27H38ClN5O/c28-25-9-8-21(16-24(25)20-6-7-20)26-17-27(30-29-26)32-12-10-31(11-13-32)18-23-19-33(14-15-34-23)22-4-2-1-3-5-22/h8-9,16-17,20,22-23H,1-7,10-15,18-19H2,(H,29,30). The Bertz CT molecular complexity index is 962. The smallest absolute Gasteiger partial charge is 0.151 e. The van der Waals surface area contributed by atoms with Gasteiger partial charge in [0, 0.05) is 62.9 Å². The van der Waals surface area contributed by atoms with Crippen LogP contribution in [0.25, 0.3) is 11.3 Å². The first-order valence-electron chi connectivity index (χ1n) is 13.4. The lowest BCUT2D eigenvalue weighted by molar-refractivity contribution is -0.0606. The van der Waals surface area contributed by atoms with Gasteiger partial charge < -0.3 is 9.64 Å². The first kappa shape index (κ1) is 22.8. The number of piperazine rings is 1. The largest absolute Gasteiger partial charge is 0.374 e. The van der Waals surface area contributed by atoms with Gasteiger partial charge in [-0.2, -0.15) is 5.10 Å². The number of anilines is 1. The van der Waals surface area contributed by atoms with E-state index >= 15 is 0 Å². The monoisotopic (exact) mass is 483 g/mol. The van der Waals surface area contributed by atoms with Crippen LogP contribution in [0.1, 0.15) is 56.4 Å². The summed E-state index contributed by atoms with van der Waals surface area (Å²) in [4.78, 5) is 7.71. The molecule has 6 nitrogen and oxygen atoms in total. The second kappa shape index (κ2) is 10.2. The first-order chi connectivity index (χ1) is 16.7. The van der Waals surface area contributed by atoms with Gasteiger partial charge in [-0.15, -0.1) is 0 Å². The fraction of sp³-hybridized carbons (Fsp3) is 0.667. The van der Waals surface area contributed by atoms with E-state index in [1.807, 2.05) is 6.07 Å². The fourth-order valence-electron chi connectivity index (χ4n) is 6.12. The molecule has 1 atom stereocenters. The van der Waals surface area contributed by atoms with Crippen LogP contribution in [0.5, 0.6) is 0 Å². The van der Waals surface area contributed by atoms with Gasteiger partial charge >= 0.3 is 0 Å². The Labute approximate surface area is 208 Å². The van der Waals surface area contributed by atoms with Crippen LogP contribution in [0.15, 0.2) is 24.3 Å². The molecule has 0 amide bonds. The van der Waals surface area contributed by atoms with E-state index in [1.54, 1.807) is 0 Å². The van der Waals surface area contributed by atoms with E-state index in [2.05, 4.69) is 43.1 Å². The van der Waals surface area contributed by atoms with Crippen LogP contribution in [0.4, 0.5) is 5.82 Å². The predicted octanol–water partition coefficient (Wildman–Crippen LogP) is 4.76. The van der Waals surface area contributed by atoms with Crippen LogP contribution < -0.4 is 4.90 Å². The number of hydrogen-bond donors (Lipinski definition) is 1. The van der Waals surface area contributed by atoms with Crippen LogP contribution in [-0.4, -0.2) is 84.6 Å². The number of rotatable bonds is 6. The molecule has 3 heterocycles. The zero-order valence-electron chi connectivity index (χ0n) is 20.2. The van der Waals surface area contributed by atoms with Crippen molar-refractivity contribution in [2.24, 2.45) is 0 Å². The van der Waals surface area contributed by atoms with Crippen molar-refractivity contribution in [2.45, 2.75) is 63.0 Å². The maximum atomic E-state index is 6.43. The van der Waals surface area contributed by atoms with Crippen molar-refractivity contribution in [3.8, 4) is 11.3 Å². The second-order valence-electron chi connectivity index (χ2n) is 10.7. The molecule has 2 aliphatic carbocycles. The quantitative estimate of drug-likeness (QED) is 0.641. The summed E-state index contributed by atoms with van der Waals surface area (Å²) >= 11 is 6.43. The SMILES string of the molecule is Clc1ccc(-c2cc(N3CCN(CC4CN(C5CCCCC5)CCO4)CC3)n[nH]2)cc1C1CC1. The Morgan fingerprint density at radius 2 is 1.79 bits per heavy atom. The van der Waals surface area contributed by atoms with Gasteiger partial charge in [-0.25, -0.2) is 0 Å². The second-order valence-corrected chi connectivity index (χ2v) is 11.1. The van der Waals surface area contributed by atoms with E-state index in [4.69, 9.17) is 16.3 Å². The number of nitrogens with one attached hydrogen (secondary N) is 1. The van der Waals surface area contributed by atoms with Gasteiger partial charge in [-0.05, 0) is 54.9 Å². The number of hydrogen-bond acceptors (Lipinski definition) is 5. The summed E-state index contributed by atoms with van der Waals surface area (Å²) in [6.45, 7) is 8.33. The van der Waals surface area contributed by atoms with E-state index in [1.165, 1.54) is 56.1 Å². The minimum atomic E-state index is 0.352. The summed E-state index contributed by atoms with van der Waals surface area (Å²) in [5.41, 5.74) is 3.55. The molecule has 4 aliphatic rings. The molecule has 1 aromatic heterocycles. The minimum Gasteiger partial charge on any atom is -0.374 e. The Kier molecular flexibility index (Phi) is 6.84. The van der Waals surface area contributed by atoms with E-state index in [9.17, 15) is 0 Å². The summed E-state index contributed by atoms with van der Waals surface area (Å²) in [5, 5.41) is 8.81. The van der Waals surface area contributed by atoms with E-state index in [0.717, 1.165) is 75.0 Å². The number of aromatic amines is 1. The van der Waals surface area contributed by atoms with Gasteiger partial charge in [-0.1, -0.05) is 36.9 Å². The topological polar surface area (TPSA) is 47.6 Å². The Balaban J connectivity index is 1.02. The number of halogens is 1. The van der Waals surface area contributed by atoms with Crippen molar-refractivity contribution < 1.29 is 4.74 Å². The number of nitrogens with zero attached hydrogens (tertiary/aromatic N) is 4. The lowest BCUT2D eigenvalue weighted by Crippen LogP contribution is -2.54. The highest BCUT2D eigenvalue weighted by atomic mass is 35.5. The molecule has 1 aromatic carbocycles. The van der Waals surface area contributed by atoms with Gasteiger partial charge in [0.1, 0.15) is 0 Å². The lowest BCUT2D eigenvalue weighted by atomic mass is 9.93. The molecule has 0 spiro atoms. The fourth-order valence-corrected chi connectivity index (χ4v) is 6.39. The highest BCUT2D eigenvalue weighted by Gasteiger charge is 2.30. The number of benzene rings is 1. The molecule has 1 unspecified atom stereocenters. The van der Waals surface area contributed by atoms with Gasteiger partial charge in [0.25, 0.3) is 0 Å². The molecule has 4 fully saturated rings.